The number of hydrogen-bond acceptors (Lipinski definition) is 11. The molecule has 0 unspecified atom stereocenters. The van der Waals surface area contributed by atoms with Crippen molar-refractivity contribution in [3.63, 3.8) is 0 Å². The number of aromatic nitrogens is 1. The van der Waals surface area contributed by atoms with E-state index in [0.717, 1.165) is 0 Å². The molecule has 3 aromatic carbocycles. The molecule has 0 saturated carbocycles. The number of H-pyrrole nitrogens is 1. The molecule has 0 bridgehead atoms. The van der Waals surface area contributed by atoms with Crippen LogP contribution < -0.4 is 53.4 Å². The van der Waals surface area contributed by atoms with Crippen molar-refractivity contribution in [1.82, 2.24) is 4.98 Å². The Balaban J connectivity index is 2.07. The van der Waals surface area contributed by atoms with E-state index < -0.39 is 11.3 Å². The van der Waals surface area contributed by atoms with E-state index in [2.05, 4.69) is 10.3 Å². The number of amides is 1. The molecule has 4 rings (SSSR count). The molecule has 44 heavy (non-hydrogen) atoms. The average Bonchev–Trinajstić information content (AvgIpc) is 3.05. The fourth-order valence-electron chi connectivity index (χ4n) is 4.92. The van der Waals surface area contributed by atoms with Crippen LogP contribution in [0.5, 0.6) is 51.7 Å². The number of rotatable bonds is 12. The molecule has 0 atom stereocenters. The lowest BCUT2D eigenvalue weighted by atomic mass is 10.00. The van der Waals surface area contributed by atoms with E-state index in [1.165, 1.54) is 64.0 Å². The van der Waals surface area contributed by atoms with Crippen molar-refractivity contribution in [2.75, 3.05) is 69.3 Å². The van der Waals surface area contributed by atoms with E-state index in [1.54, 1.807) is 30.3 Å². The fraction of sp³-hybridized carbons (Fsp3) is 0.290. The largest absolute Gasteiger partial charge is 0.493 e. The molecule has 234 valence electrons. The second kappa shape index (κ2) is 13.2. The zero-order valence-electron chi connectivity index (χ0n) is 25.9. The van der Waals surface area contributed by atoms with Gasteiger partial charge < -0.3 is 52.9 Å². The third-order valence-electron chi connectivity index (χ3n) is 6.90. The highest BCUT2D eigenvalue weighted by Gasteiger charge is 2.28. The second-order valence-corrected chi connectivity index (χ2v) is 9.05. The first-order valence-corrected chi connectivity index (χ1v) is 13.1. The number of carbonyl (C=O) groups is 1. The maximum Gasteiger partial charge on any atom is 0.261 e. The molecule has 4 aromatic rings. The van der Waals surface area contributed by atoms with Gasteiger partial charge in [0, 0.05) is 29.4 Å². The van der Waals surface area contributed by atoms with E-state index in [0.29, 0.717) is 51.3 Å². The quantitative estimate of drug-likeness (QED) is 0.233. The number of benzene rings is 3. The third kappa shape index (κ3) is 5.39. The molecule has 0 fully saturated rings. The molecule has 0 spiro atoms. The Morgan fingerprint density at radius 3 is 1.43 bits per heavy atom. The van der Waals surface area contributed by atoms with E-state index in [-0.39, 0.29) is 33.8 Å². The van der Waals surface area contributed by atoms with E-state index >= 15 is 0 Å². The summed E-state index contributed by atoms with van der Waals surface area (Å²) in [5, 5.41) is 2.85. The smallest absolute Gasteiger partial charge is 0.261 e. The predicted molar refractivity (Wildman–Crippen MR) is 163 cm³/mol. The van der Waals surface area contributed by atoms with Gasteiger partial charge in [-0.15, -0.1) is 0 Å². The topological polar surface area (TPSA) is 145 Å². The molecule has 13 nitrogen and oxygen atoms in total. The Morgan fingerprint density at radius 1 is 0.568 bits per heavy atom. The Hall–Kier alpha value is -5.46. The van der Waals surface area contributed by atoms with Gasteiger partial charge in [-0.25, -0.2) is 0 Å². The minimum Gasteiger partial charge on any atom is -0.493 e. The average molecular weight is 611 g/mol. The van der Waals surface area contributed by atoms with Crippen molar-refractivity contribution >= 4 is 22.5 Å². The van der Waals surface area contributed by atoms with Crippen molar-refractivity contribution in [2.45, 2.75) is 0 Å². The van der Waals surface area contributed by atoms with Crippen molar-refractivity contribution in [1.29, 1.82) is 0 Å². The molecule has 0 saturated heterocycles. The molecule has 0 aliphatic rings. The fourth-order valence-corrected chi connectivity index (χ4v) is 4.92. The van der Waals surface area contributed by atoms with Crippen LogP contribution in [0, 0.1) is 0 Å². The SMILES string of the molecule is COc1cc(NC(=O)c2c(-c3cc(OC)c(OC)c(OC)c3)[nH]c3cc(OC)c(OC)c(OC)c3c2=O)cc(OC)c1OC. The Kier molecular flexibility index (Phi) is 9.47. The van der Waals surface area contributed by atoms with Crippen LogP contribution in [-0.4, -0.2) is 74.9 Å². The van der Waals surface area contributed by atoms with Gasteiger partial charge in [0.05, 0.1) is 80.6 Å². The van der Waals surface area contributed by atoms with Gasteiger partial charge in [0.15, 0.2) is 34.5 Å². The van der Waals surface area contributed by atoms with Gasteiger partial charge in [0.1, 0.15) is 5.56 Å². The van der Waals surface area contributed by atoms with Gasteiger partial charge in [0.2, 0.25) is 22.7 Å². The molecule has 1 heterocycles. The number of ether oxygens (including phenoxy) is 9. The Morgan fingerprint density at radius 2 is 1.00 bits per heavy atom. The van der Waals surface area contributed by atoms with Crippen LogP contribution >= 0.6 is 0 Å². The number of carbonyl (C=O) groups excluding carboxylic acids is 1. The van der Waals surface area contributed by atoms with Gasteiger partial charge in [-0.2, -0.15) is 0 Å². The normalized spacial score (nSPS) is 10.6. The highest BCUT2D eigenvalue weighted by atomic mass is 16.5. The summed E-state index contributed by atoms with van der Waals surface area (Å²) < 4.78 is 49.4. The molecule has 0 aliphatic carbocycles. The molecular formula is C31H34N2O11. The van der Waals surface area contributed by atoms with Crippen LogP contribution in [0.1, 0.15) is 10.4 Å². The van der Waals surface area contributed by atoms with Crippen LogP contribution in [0.3, 0.4) is 0 Å². The lowest BCUT2D eigenvalue weighted by molar-refractivity contribution is 0.102. The zero-order valence-corrected chi connectivity index (χ0v) is 25.9. The van der Waals surface area contributed by atoms with Crippen molar-refractivity contribution in [3.05, 3.63) is 46.1 Å². The standard InChI is InChI=1S/C31H34N2O11/c1-36-18-10-15(11-19(37-2)27(18)41-6)25-24(31(35)32-16-12-20(38-3)28(42-7)21(13-16)39-4)26(34)23-17(33-25)14-22(40-5)29(43-8)30(23)44-9/h10-14H,1-9H3,(H,32,35)(H,33,34). The zero-order chi connectivity index (χ0) is 32.1. The minimum atomic E-state index is -0.747. The number of hydrogen-bond donors (Lipinski definition) is 2. The first-order valence-electron chi connectivity index (χ1n) is 13.1. The molecule has 1 amide bonds. The Labute approximate surface area is 253 Å². The van der Waals surface area contributed by atoms with Crippen LogP contribution in [-0.2, 0) is 0 Å². The van der Waals surface area contributed by atoms with Crippen molar-refractivity contribution < 1.29 is 47.4 Å². The van der Waals surface area contributed by atoms with Crippen LogP contribution in [0.2, 0.25) is 0 Å². The lowest BCUT2D eigenvalue weighted by Gasteiger charge is -2.19. The summed E-state index contributed by atoms with van der Waals surface area (Å²) in [6.07, 6.45) is 0. The second-order valence-electron chi connectivity index (χ2n) is 9.05. The summed E-state index contributed by atoms with van der Waals surface area (Å²) in [5.41, 5.74) is 0.247. The van der Waals surface area contributed by atoms with Crippen LogP contribution in [0.4, 0.5) is 5.69 Å². The van der Waals surface area contributed by atoms with Gasteiger partial charge in [-0.1, -0.05) is 0 Å². The van der Waals surface area contributed by atoms with Crippen LogP contribution in [0.15, 0.2) is 35.1 Å². The molecule has 13 heteroatoms. The monoisotopic (exact) mass is 610 g/mol. The number of aromatic amines is 1. The van der Waals surface area contributed by atoms with E-state index in [9.17, 15) is 9.59 Å². The molecule has 1 aromatic heterocycles. The van der Waals surface area contributed by atoms with Crippen molar-refractivity contribution in [2.24, 2.45) is 0 Å². The molecular weight excluding hydrogens is 576 g/mol. The van der Waals surface area contributed by atoms with Gasteiger partial charge >= 0.3 is 0 Å². The molecule has 2 N–H and O–H groups in total. The highest BCUT2D eigenvalue weighted by Crippen LogP contribution is 2.45. The molecule has 0 aliphatic heterocycles. The molecule has 0 radical (unpaired) electrons. The number of pyridine rings is 1. The van der Waals surface area contributed by atoms with Gasteiger partial charge in [-0.05, 0) is 12.1 Å². The summed E-state index contributed by atoms with van der Waals surface area (Å²) in [7, 11) is 13.0. The first-order chi connectivity index (χ1) is 21.2. The number of nitrogens with one attached hydrogen (secondary N) is 2. The van der Waals surface area contributed by atoms with Crippen molar-refractivity contribution in [3.8, 4) is 63.0 Å². The number of methoxy groups -OCH3 is 9. The number of fused-ring (bicyclic) bond motifs is 1. The summed E-state index contributed by atoms with van der Waals surface area (Å²) in [6.45, 7) is 0. The lowest BCUT2D eigenvalue weighted by Crippen LogP contribution is -2.24. The van der Waals surface area contributed by atoms with E-state index in [4.69, 9.17) is 42.6 Å². The summed E-state index contributed by atoms with van der Waals surface area (Å²) >= 11 is 0. The minimum absolute atomic E-state index is 0.0661. The number of anilines is 1. The summed E-state index contributed by atoms with van der Waals surface area (Å²) in [6, 6.07) is 7.91. The maximum atomic E-state index is 14.4. The maximum absolute atomic E-state index is 14.4. The van der Waals surface area contributed by atoms with Crippen LogP contribution in [0.25, 0.3) is 22.2 Å². The summed E-state index contributed by atoms with van der Waals surface area (Å²) in [5.74, 6) is 1.72. The first kappa shape index (κ1) is 31.5. The van der Waals surface area contributed by atoms with E-state index in [1.807, 2.05) is 0 Å². The Bertz CT molecular complexity index is 1710. The highest BCUT2D eigenvalue weighted by molar-refractivity contribution is 6.11. The third-order valence-corrected chi connectivity index (χ3v) is 6.90. The van der Waals surface area contributed by atoms with Gasteiger partial charge in [-0.3, -0.25) is 9.59 Å². The van der Waals surface area contributed by atoms with Gasteiger partial charge in [0.25, 0.3) is 5.91 Å². The predicted octanol–water partition coefficient (Wildman–Crippen LogP) is 4.52. The summed E-state index contributed by atoms with van der Waals surface area (Å²) in [4.78, 5) is 31.7.